The van der Waals surface area contributed by atoms with Gasteiger partial charge in [-0.15, -0.1) is 0 Å². The summed E-state index contributed by atoms with van der Waals surface area (Å²) in [5.41, 5.74) is 0.839. The van der Waals surface area contributed by atoms with Crippen molar-refractivity contribution >= 4 is 0 Å². The second-order valence-corrected chi connectivity index (χ2v) is 4.08. The van der Waals surface area contributed by atoms with Gasteiger partial charge < -0.3 is 14.8 Å². The predicted molar refractivity (Wildman–Crippen MR) is 67.9 cm³/mol. The first-order chi connectivity index (χ1) is 8.71. The fraction of sp³-hybridized carbons (Fsp3) is 0.615. The van der Waals surface area contributed by atoms with Gasteiger partial charge >= 0.3 is 0 Å². The Kier molecular flexibility index (Phi) is 6.78. The van der Waals surface area contributed by atoms with E-state index in [2.05, 4.69) is 17.2 Å². The van der Waals surface area contributed by atoms with Crippen LogP contribution in [0.25, 0.3) is 0 Å². The molecule has 0 aliphatic carbocycles. The van der Waals surface area contributed by atoms with E-state index in [9.17, 15) is 4.39 Å². The van der Waals surface area contributed by atoms with Crippen LogP contribution >= 0.6 is 0 Å². The molecule has 0 aliphatic rings. The van der Waals surface area contributed by atoms with E-state index in [1.807, 2.05) is 0 Å². The molecular weight excluding hydrogens is 235 g/mol. The molecule has 0 radical (unpaired) electrons. The monoisotopic (exact) mass is 256 g/mol. The van der Waals surface area contributed by atoms with Gasteiger partial charge in [-0.1, -0.05) is 6.92 Å². The average Bonchev–Trinajstić information content (AvgIpc) is 2.40. The summed E-state index contributed by atoms with van der Waals surface area (Å²) >= 11 is 0. The Labute approximate surface area is 108 Å². The van der Waals surface area contributed by atoms with Crippen LogP contribution in [0.1, 0.15) is 25.1 Å². The number of hydrogen-bond donors (Lipinski definition) is 1. The van der Waals surface area contributed by atoms with Crippen molar-refractivity contribution in [2.75, 3.05) is 27.4 Å². The molecular formula is C13H21FN2O2. The molecule has 0 spiro atoms. The third-order valence-electron chi connectivity index (χ3n) is 2.79. The standard InChI is InChI=1S/C13H21FN2O2/c1-4-12(13-6-5-10(14)7-15-13)16-8-11(18-3)9-17-2/h5-7,11-12,16H,4,8-9H2,1-3H3. The third kappa shape index (κ3) is 4.68. The van der Waals surface area contributed by atoms with Gasteiger partial charge in [0.15, 0.2) is 0 Å². The van der Waals surface area contributed by atoms with Crippen LogP contribution in [0.3, 0.4) is 0 Å². The lowest BCUT2D eigenvalue weighted by molar-refractivity contribution is 0.0272. The SMILES string of the molecule is CCC(NCC(COC)OC)c1ccc(F)cn1. The quantitative estimate of drug-likeness (QED) is 0.771. The van der Waals surface area contributed by atoms with Crippen molar-refractivity contribution < 1.29 is 13.9 Å². The largest absolute Gasteiger partial charge is 0.382 e. The minimum atomic E-state index is -0.317. The van der Waals surface area contributed by atoms with Crippen molar-refractivity contribution in [3.63, 3.8) is 0 Å². The lowest BCUT2D eigenvalue weighted by atomic mass is 10.1. The second-order valence-electron chi connectivity index (χ2n) is 4.08. The molecule has 0 amide bonds. The van der Waals surface area contributed by atoms with Crippen LogP contribution < -0.4 is 5.32 Å². The molecule has 0 bridgehead atoms. The molecule has 0 aromatic carbocycles. The fourth-order valence-corrected chi connectivity index (χ4v) is 1.72. The number of methoxy groups -OCH3 is 2. The number of aromatic nitrogens is 1. The molecule has 102 valence electrons. The zero-order chi connectivity index (χ0) is 13.4. The highest BCUT2D eigenvalue weighted by atomic mass is 19.1. The van der Waals surface area contributed by atoms with E-state index in [4.69, 9.17) is 9.47 Å². The zero-order valence-electron chi connectivity index (χ0n) is 11.1. The topological polar surface area (TPSA) is 43.4 Å². The maximum absolute atomic E-state index is 12.8. The molecule has 1 N–H and O–H groups in total. The van der Waals surface area contributed by atoms with Crippen LogP contribution in [0.4, 0.5) is 4.39 Å². The van der Waals surface area contributed by atoms with Gasteiger partial charge in [-0.2, -0.15) is 0 Å². The van der Waals surface area contributed by atoms with Crippen LogP contribution in [0, 0.1) is 5.82 Å². The summed E-state index contributed by atoms with van der Waals surface area (Å²) in [5, 5.41) is 3.35. The molecule has 0 saturated carbocycles. The highest BCUT2D eigenvalue weighted by Gasteiger charge is 2.13. The van der Waals surface area contributed by atoms with Crippen molar-refractivity contribution in [1.29, 1.82) is 0 Å². The average molecular weight is 256 g/mol. The molecule has 0 saturated heterocycles. The van der Waals surface area contributed by atoms with Gasteiger partial charge in [0.25, 0.3) is 0 Å². The first-order valence-electron chi connectivity index (χ1n) is 6.07. The minimum Gasteiger partial charge on any atom is -0.382 e. The number of halogens is 1. The molecule has 1 rings (SSSR count). The van der Waals surface area contributed by atoms with Crippen molar-refractivity contribution in [3.05, 3.63) is 29.8 Å². The van der Waals surface area contributed by atoms with Gasteiger partial charge in [0.1, 0.15) is 5.82 Å². The number of nitrogens with one attached hydrogen (secondary N) is 1. The summed E-state index contributed by atoms with van der Waals surface area (Å²) in [5.74, 6) is -0.317. The van der Waals surface area contributed by atoms with E-state index in [1.165, 1.54) is 12.3 Å². The van der Waals surface area contributed by atoms with Gasteiger partial charge in [0.2, 0.25) is 0 Å². The molecule has 0 fully saturated rings. The first kappa shape index (κ1) is 15.0. The Morgan fingerprint density at radius 1 is 1.39 bits per heavy atom. The van der Waals surface area contributed by atoms with Gasteiger partial charge in [0.05, 0.1) is 24.6 Å². The van der Waals surface area contributed by atoms with Crippen molar-refractivity contribution in [3.8, 4) is 0 Å². The van der Waals surface area contributed by atoms with Crippen LogP contribution in [0.5, 0.6) is 0 Å². The normalized spacial score (nSPS) is 14.4. The van der Waals surface area contributed by atoms with Gasteiger partial charge in [-0.05, 0) is 18.6 Å². The Morgan fingerprint density at radius 2 is 2.17 bits per heavy atom. The predicted octanol–water partition coefficient (Wildman–Crippen LogP) is 1.92. The summed E-state index contributed by atoms with van der Waals surface area (Å²) < 4.78 is 23.1. The number of ether oxygens (including phenoxy) is 2. The number of hydrogen-bond acceptors (Lipinski definition) is 4. The highest BCUT2D eigenvalue weighted by molar-refractivity contribution is 5.09. The smallest absolute Gasteiger partial charge is 0.141 e. The van der Waals surface area contributed by atoms with Crippen molar-refractivity contribution in [2.24, 2.45) is 0 Å². The van der Waals surface area contributed by atoms with Gasteiger partial charge in [0, 0.05) is 26.8 Å². The first-order valence-corrected chi connectivity index (χ1v) is 6.07. The number of nitrogens with zero attached hydrogens (tertiary/aromatic N) is 1. The molecule has 18 heavy (non-hydrogen) atoms. The Hall–Kier alpha value is -1.04. The zero-order valence-corrected chi connectivity index (χ0v) is 11.1. The second kappa shape index (κ2) is 8.13. The summed E-state index contributed by atoms with van der Waals surface area (Å²) in [6.45, 7) is 3.26. The lowest BCUT2D eigenvalue weighted by Crippen LogP contribution is -2.34. The van der Waals surface area contributed by atoms with Crippen LogP contribution in [-0.2, 0) is 9.47 Å². The van der Waals surface area contributed by atoms with E-state index in [-0.39, 0.29) is 18.0 Å². The summed E-state index contributed by atoms with van der Waals surface area (Å²) in [4.78, 5) is 4.09. The third-order valence-corrected chi connectivity index (χ3v) is 2.79. The molecule has 4 nitrogen and oxygen atoms in total. The number of rotatable bonds is 8. The maximum atomic E-state index is 12.8. The van der Waals surface area contributed by atoms with E-state index in [1.54, 1.807) is 20.3 Å². The molecule has 2 unspecified atom stereocenters. The molecule has 1 heterocycles. The van der Waals surface area contributed by atoms with E-state index >= 15 is 0 Å². The molecule has 1 aromatic heterocycles. The number of pyridine rings is 1. The van der Waals surface area contributed by atoms with Crippen LogP contribution in [0.2, 0.25) is 0 Å². The molecule has 1 aromatic rings. The molecule has 0 aliphatic heterocycles. The Balaban J connectivity index is 2.53. The highest BCUT2D eigenvalue weighted by Crippen LogP contribution is 2.14. The van der Waals surface area contributed by atoms with Gasteiger partial charge in [-0.3, -0.25) is 4.98 Å². The Bertz CT molecular complexity index is 332. The van der Waals surface area contributed by atoms with Crippen LogP contribution in [-0.4, -0.2) is 38.5 Å². The van der Waals surface area contributed by atoms with Crippen LogP contribution in [0.15, 0.2) is 18.3 Å². The lowest BCUT2D eigenvalue weighted by Gasteiger charge is -2.20. The fourth-order valence-electron chi connectivity index (χ4n) is 1.72. The Morgan fingerprint density at radius 3 is 2.67 bits per heavy atom. The van der Waals surface area contributed by atoms with Gasteiger partial charge in [-0.25, -0.2) is 4.39 Å². The molecule has 5 heteroatoms. The van der Waals surface area contributed by atoms with Crippen molar-refractivity contribution in [1.82, 2.24) is 10.3 Å². The summed E-state index contributed by atoms with van der Waals surface area (Å²) in [7, 11) is 3.30. The van der Waals surface area contributed by atoms with Crippen molar-refractivity contribution in [2.45, 2.75) is 25.5 Å². The van der Waals surface area contributed by atoms with E-state index in [0.717, 1.165) is 12.1 Å². The van der Waals surface area contributed by atoms with E-state index < -0.39 is 0 Å². The summed E-state index contributed by atoms with van der Waals surface area (Å²) in [6, 6.07) is 3.23. The minimum absolute atomic E-state index is 0.00417. The maximum Gasteiger partial charge on any atom is 0.141 e. The molecule has 2 atom stereocenters. The van der Waals surface area contributed by atoms with E-state index in [0.29, 0.717) is 13.2 Å². The summed E-state index contributed by atoms with van der Waals surface area (Å²) in [6.07, 6.45) is 2.12.